The van der Waals surface area contributed by atoms with Crippen molar-refractivity contribution in [3.05, 3.63) is 0 Å². The summed E-state index contributed by atoms with van der Waals surface area (Å²) in [6.07, 6.45) is 2.25. The van der Waals surface area contributed by atoms with Gasteiger partial charge in [0, 0.05) is 6.42 Å². The van der Waals surface area contributed by atoms with E-state index in [0.717, 1.165) is 12.8 Å². The summed E-state index contributed by atoms with van der Waals surface area (Å²) in [7, 11) is 0. The van der Waals surface area contributed by atoms with Crippen molar-refractivity contribution in [1.82, 2.24) is 5.32 Å². The molecule has 1 aliphatic carbocycles. The number of aliphatic hydroxyl groups is 1. The molecule has 0 saturated heterocycles. The minimum absolute atomic E-state index is 0.00417. The molecule has 0 aromatic heterocycles. The predicted octanol–water partition coefficient (Wildman–Crippen LogP) is -0.388. The maximum absolute atomic E-state index is 11.3. The fourth-order valence-corrected chi connectivity index (χ4v) is 1.22. The molecule has 4 nitrogen and oxygen atoms in total. The van der Waals surface area contributed by atoms with Crippen LogP contribution in [0.2, 0.25) is 0 Å². The molecule has 0 heterocycles. The SMILES string of the molecule is CC(CN)CC(=O)NC1(CO)CC1. The van der Waals surface area contributed by atoms with Crippen LogP contribution in [0, 0.1) is 5.92 Å². The Bertz CT molecular complexity index is 190. The Balaban J connectivity index is 2.25. The summed E-state index contributed by atoms with van der Waals surface area (Å²) in [4.78, 5) is 11.3. The molecule has 0 radical (unpaired) electrons. The smallest absolute Gasteiger partial charge is 0.220 e. The van der Waals surface area contributed by atoms with Crippen LogP contribution < -0.4 is 11.1 Å². The van der Waals surface area contributed by atoms with Crippen molar-refractivity contribution in [3.8, 4) is 0 Å². The number of nitrogens with one attached hydrogen (secondary N) is 1. The number of aliphatic hydroxyl groups excluding tert-OH is 1. The van der Waals surface area contributed by atoms with Crippen LogP contribution in [0.15, 0.2) is 0 Å². The number of rotatable bonds is 5. The fraction of sp³-hybridized carbons (Fsp3) is 0.889. The lowest BCUT2D eigenvalue weighted by atomic mass is 10.1. The second kappa shape index (κ2) is 4.07. The molecule has 1 aliphatic rings. The first-order chi connectivity index (χ1) is 6.12. The lowest BCUT2D eigenvalue weighted by molar-refractivity contribution is -0.123. The van der Waals surface area contributed by atoms with E-state index in [4.69, 9.17) is 10.8 Å². The molecule has 0 aromatic carbocycles. The maximum Gasteiger partial charge on any atom is 0.220 e. The molecule has 76 valence electrons. The third-order valence-corrected chi connectivity index (χ3v) is 2.50. The molecule has 0 spiro atoms. The summed E-state index contributed by atoms with van der Waals surface area (Å²) in [5, 5.41) is 11.8. The molecule has 1 rings (SSSR count). The van der Waals surface area contributed by atoms with Gasteiger partial charge in [0.05, 0.1) is 12.1 Å². The van der Waals surface area contributed by atoms with Crippen molar-refractivity contribution in [2.24, 2.45) is 11.7 Å². The highest BCUT2D eigenvalue weighted by atomic mass is 16.3. The van der Waals surface area contributed by atoms with Crippen LogP contribution in [-0.4, -0.2) is 29.7 Å². The van der Waals surface area contributed by atoms with Gasteiger partial charge in [0.1, 0.15) is 0 Å². The van der Waals surface area contributed by atoms with Gasteiger partial charge in [0.25, 0.3) is 0 Å². The Morgan fingerprint density at radius 2 is 2.31 bits per heavy atom. The molecule has 0 aromatic rings. The van der Waals surface area contributed by atoms with Crippen LogP contribution in [0.1, 0.15) is 26.2 Å². The van der Waals surface area contributed by atoms with Crippen LogP contribution in [0.25, 0.3) is 0 Å². The molecule has 0 bridgehead atoms. The molecular weight excluding hydrogens is 168 g/mol. The van der Waals surface area contributed by atoms with Crippen molar-refractivity contribution < 1.29 is 9.90 Å². The van der Waals surface area contributed by atoms with E-state index in [1.165, 1.54) is 0 Å². The molecule has 1 amide bonds. The molecular formula is C9H18N2O2. The topological polar surface area (TPSA) is 75.4 Å². The average Bonchev–Trinajstić information content (AvgIpc) is 2.85. The Labute approximate surface area is 78.5 Å². The zero-order chi connectivity index (χ0) is 9.90. The van der Waals surface area contributed by atoms with Crippen molar-refractivity contribution in [2.75, 3.05) is 13.2 Å². The molecule has 1 saturated carbocycles. The molecule has 4 heteroatoms. The highest BCUT2D eigenvalue weighted by Gasteiger charge is 2.43. The average molecular weight is 186 g/mol. The van der Waals surface area contributed by atoms with Gasteiger partial charge >= 0.3 is 0 Å². The summed E-state index contributed by atoms with van der Waals surface area (Å²) in [6, 6.07) is 0. The van der Waals surface area contributed by atoms with Gasteiger partial charge in [-0.1, -0.05) is 6.92 Å². The Morgan fingerprint density at radius 3 is 2.69 bits per heavy atom. The predicted molar refractivity (Wildman–Crippen MR) is 50.0 cm³/mol. The fourth-order valence-electron chi connectivity index (χ4n) is 1.22. The van der Waals surface area contributed by atoms with E-state index >= 15 is 0 Å². The molecule has 1 unspecified atom stereocenters. The number of nitrogens with two attached hydrogens (primary N) is 1. The number of amides is 1. The summed E-state index contributed by atoms with van der Waals surface area (Å²) in [6.45, 7) is 2.52. The molecule has 13 heavy (non-hydrogen) atoms. The van der Waals surface area contributed by atoms with Gasteiger partial charge in [0.2, 0.25) is 5.91 Å². The highest BCUT2D eigenvalue weighted by molar-refractivity contribution is 5.77. The first-order valence-electron chi connectivity index (χ1n) is 4.74. The lowest BCUT2D eigenvalue weighted by Crippen LogP contribution is -2.40. The second-order valence-corrected chi connectivity index (χ2v) is 4.03. The highest BCUT2D eigenvalue weighted by Crippen LogP contribution is 2.34. The van der Waals surface area contributed by atoms with Gasteiger partial charge < -0.3 is 16.2 Å². The minimum Gasteiger partial charge on any atom is -0.394 e. The summed E-state index contributed by atoms with van der Waals surface area (Å²) in [5.74, 6) is 0.221. The van der Waals surface area contributed by atoms with E-state index in [-0.39, 0.29) is 24.0 Å². The van der Waals surface area contributed by atoms with E-state index < -0.39 is 0 Å². The van der Waals surface area contributed by atoms with E-state index in [2.05, 4.69) is 5.32 Å². The van der Waals surface area contributed by atoms with Crippen molar-refractivity contribution in [3.63, 3.8) is 0 Å². The number of hydrogen-bond donors (Lipinski definition) is 3. The van der Waals surface area contributed by atoms with Crippen LogP contribution in [-0.2, 0) is 4.79 Å². The quantitative estimate of drug-likeness (QED) is 0.547. The van der Waals surface area contributed by atoms with Gasteiger partial charge in [0.15, 0.2) is 0 Å². The Hall–Kier alpha value is -0.610. The zero-order valence-corrected chi connectivity index (χ0v) is 8.05. The van der Waals surface area contributed by atoms with Crippen molar-refractivity contribution in [1.29, 1.82) is 0 Å². The summed E-state index contributed by atoms with van der Waals surface area (Å²) >= 11 is 0. The van der Waals surface area contributed by atoms with Gasteiger partial charge in [-0.3, -0.25) is 4.79 Å². The maximum atomic E-state index is 11.3. The van der Waals surface area contributed by atoms with Gasteiger partial charge in [-0.05, 0) is 25.3 Å². The molecule has 1 atom stereocenters. The summed E-state index contributed by atoms with van der Waals surface area (Å²) < 4.78 is 0. The molecule has 0 aliphatic heterocycles. The minimum atomic E-state index is -0.286. The first kappa shape index (κ1) is 10.5. The van der Waals surface area contributed by atoms with E-state index in [1.807, 2.05) is 6.92 Å². The second-order valence-electron chi connectivity index (χ2n) is 4.03. The van der Waals surface area contributed by atoms with E-state index in [9.17, 15) is 4.79 Å². The van der Waals surface area contributed by atoms with Crippen LogP contribution in [0.3, 0.4) is 0 Å². The third-order valence-electron chi connectivity index (χ3n) is 2.50. The normalized spacial score (nSPS) is 20.8. The van der Waals surface area contributed by atoms with Crippen LogP contribution in [0.5, 0.6) is 0 Å². The van der Waals surface area contributed by atoms with E-state index in [0.29, 0.717) is 13.0 Å². The third kappa shape index (κ3) is 2.97. The van der Waals surface area contributed by atoms with Gasteiger partial charge in [-0.25, -0.2) is 0 Å². The number of carbonyl (C=O) groups is 1. The van der Waals surface area contributed by atoms with Crippen LogP contribution >= 0.6 is 0 Å². The van der Waals surface area contributed by atoms with Gasteiger partial charge in [-0.2, -0.15) is 0 Å². The van der Waals surface area contributed by atoms with Crippen molar-refractivity contribution >= 4 is 5.91 Å². The monoisotopic (exact) mass is 186 g/mol. The Kier molecular flexibility index (Phi) is 3.27. The zero-order valence-electron chi connectivity index (χ0n) is 8.05. The van der Waals surface area contributed by atoms with Gasteiger partial charge in [-0.15, -0.1) is 0 Å². The number of carbonyl (C=O) groups excluding carboxylic acids is 1. The Morgan fingerprint density at radius 1 is 1.69 bits per heavy atom. The standard InChI is InChI=1S/C9H18N2O2/c1-7(5-10)4-8(13)11-9(6-12)2-3-9/h7,12H,2-6,10H2,1H3,(H,11,13). The lowest BCUT2D eigenvalue weighted by Gasteiger charge is -2.15. The summed E-state index contributed by atoms with van der Waals surface area (Å²) in [5.41, 5.74) is 5.12. The van der Waals surface area contributed by atoms with Crippen molar-refractivity contribution in [2.45, 2.75) is 31.7 Å². The van der Waals surface area contributed by atoms with Crippen LogP contribution in [0.4, 0.5) is 0 Å². The first-order valence-corrected chi connectivity index (χ1v) is 4.74. The largest absolute Gasteiger partial charge is 0.394 e. The number of hydrogen-bond acceptors (Lipinski definition) is 3. The molecule has 1 fully saturated rings. The van der Waals surface area contributed by atoms with E-state index in [1.54, 1.807) is 0 Å². The molecule has 4 N–H and O–H groups in total.